The first-order chi connectivity index (χ1) is 13.8. The highest BCUT2D eigenvalue weighted by molar-refractivity contribution is 6.12. The quantitative estimate of drug-likeness (QED) is 0.289. The Morgan fingerprint density at radius 1 is 0.724 bits per heavy atom. The predicted molar refractivity (Wildman–Crippen MR) is 124 cm³/mol. The van der Waals surface area contributed by atoms with Crippen LogP contribution in [-0.2, 0) is 5.41 Å². The van der Waals surface area contributed by atoms with E-state index in [-0.39, 0.29) is 5.41 Å². The van der Waals surface area contributed by atoms with E-state index in [4.69, 9.17) is 4.98 Å². The van der Waals surface area contributed by atoms with Gasteiger partial charge in [-0.25, -0.2) is 0 Å². The summed E-state index contributed by atoms with van der Waals surface area (Å²) in [6, 6.07) is 22.6. The van der Waals surface area contributed by atoms with Gasteiger partial charge in [0.05, 0.1) is 5.69 Å². The van der Waals surface area contributed by atoms with Gasteiger partial charge in [-0.3, -0.25) is 4.98 Å². The molecule has 1 heterocycles. The van der Waals surface area contributed by atoms with Gasteiger partial charge in [0.15, 0.2) is 0 Å². The zero-order chi connectivity index (χ0) is 20.3. The Bertz CT molecular complexity index is 1260. The molecule has 4 aromatic rings. The molecule has 0 unspecified atom stereocenters. The minimum atomic E-state index is 0.108. The van der Waals surface area contributed by atoms with Crippen molar-refractivity contribution < 1.29 is 0 Å². The van der Waals surface area contributed by atoms with Crippen molar-refractivity contribution in [2.24, 2.45) is 0 Å². The predicted octanol–water partition coefficient (Wildman–Crippen LogP) is 7.97. The Labute approximate surface area is 173 Å². The summed E-state index contributed by atoms with van der Waals surface area (Å²) < 4.78 is 0. The lowest BCUT2D eigenvalue weighted by Crippen LogP contribution is -2.11. The van der Waals surface area contributed by atoms with Crippen molar-refractivity contribution >= 4 is 10.8 Å². The first-order valence-corrected chi connectivity index (χ1v) is 10.5. The van der Waals surface area contributed by atoms with Crippen molar-refractivity contribution in [3.63, 3.8) is 0 Å². The average molecular weight is 378 g/mol. The van der Waals surface area contributed by atoms with Crippen LogP contribution in [0, 0.1) is 0 Å². The molecule has 1 aliphatic carbocycles. The van der Waals surface area contributed by atoms with Crippen LogP contribution in [-0.4, -0.2) is 4.98 Å². The summed E-state index contributed by atoms with van der Waals surface area (Å²) in [5, 5.41) is 2.55. The molecule has 1 aliphatic rings. The largest absolute Gasteiger partial charge is 0.256 e. The van der Waals surface area contributed by atoms with Gasteiger partial charge >= 0.3 is 0 Å². The lowest BCUT2D eigenvalue weighted by molar-refractivity contribution is 0.590. The minimum Gasteiger partial charge on any atom is -0.256 e. The zero-order valence-corrected chi connectivity index (χ0v) is 17.9. The van der Waals surface area contributed by atoms with Gasteiger partial charge in [-0.1, -0.05) is 83.1 Å². The number of pyridine rings is 1. The molecule has 5 rings (SSSR count). The number of fused-ring (bicyclic) bond motifs is 5. The van der Waals surface area contributed by atoms with Crippen molar-refractivity contribution in [1.82, 2.24) is 4.98 Å². The molecule has 1 nitrogen and oxygen atoms in total. The van der Waals surface area contributed by atoms with Crippen LogP contribution >= 0.6 is 0 Å². The van der Waals surface area contributed by atoms with Gasteiger partial charge in [0.2, 0.25) is 0 Å². The second kappa shape index (κ2) is 6.29. The molecular formula is C28H27N. The second-order valence-electron chi connectivity index (χ2n) is 9.54. The van der Waals surface area contributed by atoms with Crippen molar-refractivity contribution in [2.75, 3.05) is 0 Å². The number of aromatic nitrogens is 1. The highest BCUT2D eigenvalue weighted by Gasteiger charge is 2.25. The number of hydrogen-bond donors (Lipinski definition) is 0. The van der Waals surface area contributed by atoms with E-state index in [0.29, 0.717) is 5.92 Å². The van der Waals surface area contributed by atoms with Crippen molar-refractivity contribution in [3.8, 4) is 33.5 Å². The Morgan fingerprint density at radius 2 is 1.45 bits per heavy atom. The molecule has 0 amide bonds. The standard InChI is InChI=1S/C28H27N/c1-17(2)19-14-18-12-13-29-27-23-9-7-6-8-21(23)24-16-20(28(3,4)5)10-11-22(24)25(15-19)26(18)27/h6-17H,1-5H3. The SMILES string of the molecule is CC(C)c1cc2c3c(nccc3c1)-c1ccccc1-c1cc(C(C)(C)C)ccc1-2. The molecule has 144 valence electrons. The maximum absolute atomic E-state index is 4.87. The van der Waals surface area contributed by atoms with E-state index in [1.54, 1.807) is 0 Å². The van der Waals surface area contributed by atoms with E-state index in [2.05, 4.69) is 95.3 Å². The smallest absolute Gasteiger partial charge is 0.0792 e. The third-order valence-electron chi connectivity index (χ3n) is 6.20. The van der Waals surface area contributed by atoms with E-state index >= 15 is 0 Å². The molecule has 1 heteroatoms. The van der Waals surface area contributed by atoms with Gasteiger partial charge in [-0.15, -0.1) is 0 Å². The Kier molecular flexibility index (Phi) is 3.93. The zero-order valence-electron chi connectivity index (χ0n) is 17.9. The summed E-state index contributed by atoms with van der Waals surface area (Å²) in [4.78, 5) is 4.87. The molecule has 0 fully saturated rings. The van der Waals surface area contributed by atoms with E-state index in [1.165, 1.54) is 49.7 Å². The molecular weight excluding hydrogens is 350 g/mol. The van der Waals surface area contributed by atoms with Crippen molar-refractivity contribution in [1.29, 1.82) is 0 Å². The number of nitrogens with zero attached hydrogens (tertiary/aromatic N) is 1. The summed E-state index contributed by atoms with van der Waals surface area (Å²) in [7, 11) is 0. The summed E-state index contributed by atoms with van der Waals surface area (Å²) in [6.45, 7) is 11.4. The number of benzene rings is 3. The van der Waals surface area contributed by atoms with Crippen LogP contribution in [0.5, 0.6) is 0 Å². The van der Waals surface area contributed by atoms with Crippen molar-refractivity contribution in [2.45, 2.75) is 46.0 Å². The minimum absolute atomic E-state index is 0.108. The van der Waals surface area contributed by atoms with Crippen LogP contribution in [0.2, 0.25) is 0 Å². The molecule has 0 saturated carbocycles. The highest BCUT2D eigenvalue weighted by atomic mass is 14.7. The molecule has 0 aliphatic heterocycles. The Morgan fingerprint density at radius 3 is 2.17 bits per heavy atom. The van der Waals surface area contributed by atoms with E-state index in [0.717, 1.165) is 5.69 Å². The normalized spacial score (nSPS) is 12.6. The highest BCUT2D eigenvalue weighted by Crippen LogP contribution is 2.48. The Balaban J connectivity index is 1.98. The van der Waals surface area contributed by atoms with Gasteiger partial charge in [-0.05, 0) is 62.2 Å². The van der Waals surface area contributed by atoms with Crippen LogP contribution in [0.25, 0.3) is 44.3 Å². The first kappa shape index (κ1) is 18.1. The summed E-state index contributed by atoms with van der Waals surface area (Å²) in [5.41, 5.74) is 10.4. The number of hydrogen-bond acceptors (Lipinski definition) is 1. The molecule has 0 N–H and O–H groups in total. The number of rotatable bonds is 1. The molecule has 0 saturated heterocycles. The lowest BCUT2D eigenvalue weighted by Gasteiger charge is -2.22. The summed E-state index contributed by atoms with van der Waals surface area (Å²) >= 11 is 0. The molecule has 0 atom stereocenters. The van der Waals surface area contributed by atoms with Crippen LogP contribution in [0.1, 0.15) is 51.7 Å². The lowest BCUT2D eigenvalue weighted by atomic mass is 9.82. The molecule has 0 radical (unpaired) electrons. The van der Waals surface area contributed by atoms with E-state index < -0.39 is 0 Å². The van der Waals surface area contributed by atoms with Gasteiger partial charge in [0.25, 0.3) is 0 Å². The van der Waals surface area contributed by atoms with Gasteiger partial charge in [0, 0.05) is 17.1 Å². The van der Waals surface area contributed by atoms with Gasteiger partial charge < -0.3 is 0 Å². The second-order valence-corrected chi connectivity index (χ2v) is 9.54. The molecule has 0 spiro atoms. The van der Waals surface area contributed by atoms with Gasteiger partial charge in [0.1, 0.15) is 0 Å². The maximum Gasteiger partial charge on any atom is 0.0792 e. The van der Waals surface area contributed by atoms with E-state index in [9.17, 15) is 0 Å². The Hall–Kier alpha value is -2.93. The summed E-state index contributed by atoms with van der Waals surface area (Å²) in [6.07, 6.45) is 1.96. The summed E-state index contributed by atoms with van der Waals surface area (Å²) in [5.74, 6) is 0.482. The van der Waals surface area contributed by atoms with Gasteiger partial charge in [-0.2, -0.15) is 0 Å². The third kappa shape index (κ3) is 2.80. The van der Waals surface area contributed by atoms with Crippen LogP contribution in [0.4, 0.5) is 0 Å². The van der Waals surface area contributed by atoms with Crippen LogP contribution in [0.15, 0.2) is 66.9 Å². The topological polar surface area (TPSA) is 12.9 Å². The monoisotopic (exact) mass is 377 g/mol. The fraction of sp³-hybridized carbons (Fsp3) is 0.250. The van der Waals surface area contributed by atoms with E-state index in [1.807, 2.05) is 6.20 Å². The molecule has 1 aromatic heterocycles. The first-order valence-electron chi connectivity index (χ1n) is 10.5. The molecule has 3 aromatic carbocycles. The fourth-order valence-electron chi connectivity index (χ4n) is 4.48. The van der Waals surface area contributed by atoms with Crippen LogP contribution < -0.4 is 0 Å². The molecule has 29 heavy (non-hydrogen) atoms. The van der Waals surface area contributed by atoms with Crippen molar-refractivity contribution in [3.05, 3.63) is 78.0 Å². The molecule has 0 bridgehead atoms. The maximum atomic E-state index is 4.87. The fourth-order valence-corrected chi connectivity index (χ4v) is 4.48. The van der Waals surface area contributed by atoms with Crippen LogP contribution in [0.3, 0.4) is 0 Å². The third-order valence-corrected chi connectivity index (χ3v) is 6.20. The average Bonchev–Trinajstić information content (AvgIpc) is 2.82.